The largest absolute Gasteiger partial charge is 0.491 e. The zero-order chi connectivity index (χ0) is 11.8. The van der Waals surface area contributed by atoms with Crippen LogP contribution in [0.2, 0.25) is 5.02 Å². The Hall–Kier alpha value is -0.380. The molecule has 0 atom stereocenters. The van der Waals surface area contributed by atoms with Gasteiger partial charge in [-0.1, -0.05) is 18.5 Å². The highest BCUT2D eigenvalue weighted by Gasteiger charge is 2.00. The fraction of sp³-hybridized carbons (Fsp3) is 0.500. The minimum Gasteiger partial charge on any atom is -0.491 e. The van der Waals surface area contributed by atoms with E-state index in [0.29, 0.717) is 19.8 Å². The maximum Gasteiger partial charge on any atom is 0.119 e. The fourth-order valence-corrected chi connectivity index (χ4v) is 1.68. The van der Waals surface area contributed by atoms with Gasteiger partial charge in [0, 0.05) is 10.8 Å². The summed E-state index contributed by atoms with van der Waals surface area (Å²) in [5.41, 5.74) is 1.11. The van der Waals surface area contributed by atoms with E-state index in [2.05, 4.69) is 19.6 Å². The molecule has 0 saturated heterocycles. The van der Waals surface area contributed by atoms with E-state index in [1.54, 1.807) is 0 Å². The topological polar surface area (TPSA) is 18.5 Å². The minimum atomic E-state index is 0.554. The predicted octanol–water partition coefficient (Wildman–Crippen LogP) is 3.23. The summed E-state index contributed by atoms with van der Waals surface area (Å²) in [6.07, 6.45) is 0.909. The molecule has 0 radical (unpaired) electrons. The van der Waals surface area contributed by atoms with E-state index in [-0.39, 0.29) is 0 Å². The van der Waals surface area contributed by atoms with Crippen LogP contribution in [0.25, 0.3) is 0 Å². The fourth-order valence-electron chi connectivity index (χ4n) is 1.30. The SMILES string of the molecule is CCc1cc(OCCOCCS)ccc1Cl. The molecule has 0 heterocycles. The number of rotatable bonds is 7. The van der Waals surface area contributed by atoms with Gasteiger partial charge in [-0.3, -0.25) is 0 Å². The van der Waals surface area contributed by atoms with E-state index in [1.807, 2.05) is 18.2 Å². The van der Waals surface area contributed by atoms with Crippen LogP contribution in [0.3, 0.4) is 0 Å². The Morgan fingerprint density at radius 2 is 2.06 bits per heavy atom. The molecule has 0 aliphatic rings. The third-order valence-electron chi connectivity index (χ3n) is 2.13. The van der Waals surface area contributed by atoms with Crippen molar-refractivity contribution in [3.63, 3.8) is 0 Å². The highest BCUT2D eigenvalue weighted by atomic mass is 35.5. The first kappa shape index (κ1) is 13.7. The van der Waals surface area contributed by atoms with Crippen molar-refractivity contribution in [2.75, 3.05) is 25.6 Å². The smallest absolute Gasteiger partial charge is 0.119 e. The van der Waals surface area contributed by atoms with Crippen LogP contribution in [0.1, 0.15) is 12.5 Å². The van der Waals surface area contributed by atoms with E-state index in [4.69, 9.17) is 21.1 Å². The Bertz CT molecular complexity index is 318. The lowest BCUT2D eigenvalue weighted by atomic mass is 10.1. The lowest BCUT2D eigenvalue weighted by molar-refractivity contribution is 0.112. The molecule has 16 heavy (non-hydrogen) atoms. The molecule has 0 aliphatic carbocycles. The average molecular weight is 261 g/mol. The molecule has 4 heteroatoms. The number of thiol groups is 1. The summed E-state index contributed by atoms with van der Waals surface area (Å²) >= 11 is 10.1. The first-order chi connectivity index (χ1) is 7.77. The number of hydrogen-bond donors (Lipinski definition) is 1. The summed E-state index contributed by atoms with van der Waals surface area (Å²) < 4.78 is 10.8. The lowest BCUT2D eigenvalue weighted by Gasteiger charge is -2.08. The molecule has 0 aromatic heterocycles. The Kier molecular flexibility index (Phi) is 6.69. The van der Waals surface area contributed by atoms with Gasteiger partial charge in [-0.05, 0) is 30.2 Å². The van der Waals surface area contributed by atoms with Gasteiger partial charge >= 0.3 is 0 Å². The minimum absolute atomic E-state index is 0.554. The molecule has 2 nitrogen and oxygen atoms in total. The highest BCUT2D eigenvalue weighted by molar-refractivity contribution is 7.80. The Balaban J connectivity index is 2.36. The van der Waals surface area contributed by atoms with Gasteiger partial charge < -0.3 is 9.47 Å². The second-order valence-electron chi connectivity index (χ2n) is 3.29. The molecule has 0 bridgehead atoms. The van der Waals surface area contributed by atoms with Crippen LogP contribution >= 0.6 is 24.2 Å². The summed E-state index contributed by atoms with van der Waals surface area (Å²) in [7, 11) is 0. The van der Waals surface area contributed by atoms with Crippen molar-refractivity contribution >= 4 is 24.2 Å². The molecular formula is C12H17ClO2S. The maximum absolute atomic E-state index is 6.01. The molecule has 0 unspecified atom stereocenters. The van der Waals surface area contributed by atoms with Crippen LogP contribution in [0.4, 0.5) is 0 Å². The highest BCUT2D eigenvalue weighted by Crippen LogP contribution is 2.22. The Morgan fingerprint density at radius 3 is 2.75 bits per heavy atom. The second-order valence-corrected chi connectivity index (χ2v) is 4.15. The first-order valence-electron chi connectivity index (χ1n) is 5.37. The van der Waals surface area contributed by atoms with Gasteiger partial charge in [0.25, 0.3) is 0 Å². The monoisotopic (exact) mass is 260 g/mol. The predicted molar refractivity (Wildman–Crippen MR) is 71.0 cm³/mol. The van der Waals surface area contributed by atoms with Crippen molar-refractivity contribution in [1.82, 2.24) is 0 Å². The van der Waals surface area contributed by atoms with Crippen molar-refractivity contribution < 1.29 is 9.47 Å². The van der Waals surface area contributed by atoms with Gasteiger partial charge in [-0.2, -0.15) is 12.6 Å². The zero-order valence-corrected chi connectivity index (χ0v) is 11.1. The van der Waals surface area contributed by atoms with E-state index >= 15 is 0 Å². The third-order valence-corrected chi connectivity index (χ3v) is 2.68. The number of halogens is 1. The van der Waals surface area contributed by atoms with Crippen molar-refractivity contribution in [2.45, 2.75) is 13.3 Å². The normalized spacial score (nSPS) is 10.4. The summed E-state index contributed by atoms with van der Waals surface area (Å²) in [6, 6.07) is 5.71. The Labute approximate surface area is 107 Å². The molecule has 0 amide bonds. The molecular weight excluding hydrogens is 244 g/mol. The van der Waals surface area contributed by atoms with Crippen molar-refractivity contribution in [2.24, 2.45) is 0 Å². The summed E-state index contributed by atoms with van der Waals surface area (Å²) in [5.74, 6) is 1.58. The average Bonchev–Trinajstić information content (AvgIpc) is 2.31. The van der Waals surface area contributed by atoms with E-state index in [0.717, 1.165) is 28.5 Å². The summed E-state index contributed by atoms with van der Waals surface area (Å²) in [4.78, 5) is 0. The number of benzene rings is 1. The van der Waals surface area contributed by atoms with Crippen LogP contribution in [-0.4, -0.2) is 25.6 Å². The quantitative estimate of drug-likeness (QED) is 0.599. The molecule has 1 aromatic rings. The zero-order valence-electron chi connectivity index (χ0n) is 9.41. The molecule has 0 N–H and O–H groups in total. The van der Waals surface area contributed by atoms with Gasteiger partial charge in [0.15, 0.2) is 0 Å². The molecule has 0 saturated carbocycles. The molecule has 90 valence electrons. The molecule has 1 aromatic carbocycles. The molecule has 0 spiro atoms. The van der Waals surface area contributed by atoms with Crippen LogP contribution in [-0.2, 0) is 11.2 Å². The van der Waals surface area contributed by atoms with E-state index < -0.39 is 0 Å². The van der Waals surface area contributed by atoms with Crippen LogP contribution < -0.4 is 4.74 Å². The number of ether oxygens (including phenoxy) is 2. The number of aryl methyl sites for hydroxylation is 1. The molecule has 1 rings (SSSR count). The van der Waals surface area contributed by atoms with E-state index in [9.17, 15) is 0 Å². The van der Waals surface area contributed by atoms with Crippen molar-refractivity contribution in [1.29, 1.82) is 0 Å². The summed E-state index contributed by atoms with van der Waals surface area (Å²) in [6.45, 7) is 3.87. The van der Waals surface area contributed by atoms with Crippen molar-refractivity contribution in [3.05, 3.63) is 28.8 Å². The van der Waals surface area contributed by atoms with Crippen molar-refractivity contribution in [3.8, 4) is 5.75 Å². The first-order valence-corrected chi connectivity index (χ1v) is 6.38. The van der Waals surface area contributed by atoms with Gasteiger partial charge in [-0.25, -0.2) is 0 Å². The van der Waals surface area contributed by atoms with Gasteiger partial charge in [0.1, 0.15) is 12.4 Å². The third kappa shape index (κ3) is 4.64. The lowest BCUT2D eigenvalue weighted by Crippen LogP contribution is -2.08. The molecule has 0 fully saturated rings. The van der Waals surface area contributed by atoms with Gasteiger partial charge in [0.05, 0.1) is 13.2 Å². The van der Waals surface area contributed by atoms with Crippen LogP contribution in [0.15, 0.2) is 18.2 Å². The second kappa shape index (κ2) is 7.82. The molecule has 0 aliphatic heterocycles. The Morgan fingerprint density at radius 1 is 1.25 bits per heavy atom. The van der Waals surface area contributed by atoms with Crippen LogP contribution in [0, 0.1) is 0 Å². The van der Waals surface area contributed by atoms with Gasteiger partial charge in [-0.15, -0.1) is 0 Å². The van der Waals surface area contributed by atoms with E-state index in [1.165, 1.54) is 0 Å². The standard InChI is InChI=1S/C12H17ClO2S/c1-2-10-9-11(3-4-12(10)13)15-6-5-14-7-8-16/h3-4,9,16H,2,5-8H2,1H3. The number of hydrogen-bond acceptors (Lipinski definition) is 3. The summed E-state index contributed by atoms with van der Waals surface area (Å²) in [5, 5.41) is 0.793. The van der Waals surface area contributed by atoms with Crippen LogP contribution in [0.5, 0.6) is 5.75 Å². The maximum atomic E-state index is 6.01. The van der Waals surface area contributed by atoms with Gasteiger partial charge in [0.2, 0.25) is 0 Å².